The molecular weight excluding hydrogens is 484 g/mol. The Morgan fingerprint density at radius 2 is 1.26 bits per heavy atom. The van der Waals surface area contributed by atoms with E-state index in [4.69, 9.17) is 14.2 Å². The van der Waals surface area contributed by atoms with Gasteiger partial charge in [-0.3, -0.25) is 0 Å². The van der Waals surface area contributed by atoms with Crippen LogP contribution < -0.4 is 14.2 Å². The standard InChI is InChI=1S/C34H44N2O3/c1-6-31(28-18-21-32-33(22-28)38-25-37-32)34(26-14-12-11-13-15-26)27-16-19-29(20-17-27)39-30(23-35(7-2)8-3)24-36(9-4)10-5/h11-22,30H,6-10,23-25H2,1-5H3. The fourth-order valence-electron chi connectivity index (χ4n) is 5.29. The number of nitrogens with zero attached hydrogens (tertiary/aromatic N) is 2. The largest absolute Gasteiger partial charge is 0.488 e. The van der Waals surface area contributed by atoms with Crippen LogP contribution in [0.25, 0.3) is 11.1 Å². The van der Waals surface area contributed by atoms with Gasteiger partial charge in [0.05, 0.1) is 0 Å². The Morgan fingerprint density at radius 3 is 1.85 bits per heavy atom. The zero-order valence-corrected chi connectivity index (χ0v) is 24.3. The van der Waals surface area contributed by atoms with E-state index in [1.807, 2.05) is 6.07 Å². The molecule has 0 saturated carbocycles. The predicted molar refractivity (Wildman–Crippen MR) is 162 cm³/mol. The molecule has 0 unspecified atom stereocenters. The molecule has 5 nitrogen and oxygen atoms in total. The molecule has 4 rings (SSSR count). The maximum Gasteiger partial charge on any atom is 0.231 e. The summed E-state index contributed by atoms with van der Waals surface area (Å²) in [5, 5.41) is 0. The highest BCUT2D eigenvalue weighted by molar-refractivity contribution is 5.98. The van der Waals surface area contributed by atoms with Gasteiger partial charge in [0.1, 0.15) is 11.9 Å². The van der Waals surface area contributed by atoms with Gasteiger partial charge in [-0.05, 0) is 84.7 Å². The Hall–Kier alpha value is -3.28. The first-order valence-electron chi connectivity index (χ1n) is 14.5. The molecule has 208 valence electrons. The Morgan fingerprint density at radius 1 is 0.692 bits per heavy atom. The average molecular weight is 529 g/mol. The fraction of sp³-hybridized carbons (Fsp3) is 0.412. The van der Waals surface area contributed by atoms with E-state index in [0.717, 1.165) is 68.5 Å². The summed E-state index contributed by atoms with van der Waals surface area (Å²) < 4.78 is 17.9. The van der Waals surface area contributed by atoms with Gasteiger partial charge < -0.3 is 24.0 Å². The van der Waals surface area contributed by atoms with Crippen LogP contribution in [0.5, 0.6) is 17.2 Å². The van der Waals surface area contributed by atoms with Crippen molar-refractivity contribution in [1.82, 2.24) is 9.80 Å². The van der Waals surface area contributed by atoms with E-state index in [2.05, 4.69) is 111 Å². The molecule has 1 aliphatic heterocycles. The van der Waals surface area contributed by atoms with Gasteiger partial charge >= 0.3 is 0 Å². The van der Waals surface area contributed by atoms with E-state index in [0.29, 0.717) is 0 Å². The van der Waals surface area contributed by atoms with E-state index in [9.17, 15) is 0 Å². The van der Waals surface area contributed by atoms with Crippen LogP contribution in [0.3, 0.4) is 0 Å². The molecule has 5 heteroatoms. The molecule has 0 aromatic heterocycles. The third-order valence-corrected chi connectivity index (χ3v) is 7.60. The second kappa shape index (κ2) is 14.2. The van der Waals surface area contributed by atoms with Crippen molar-refractivity contribution in [3.05, 3.63) is 89.5 Å². The summed E-state index contributed by atoms with van der Waals surface area (Å²) >= 11 is 0. The fourth-order valence-corrected chi connectivity index (χ4v) is 5.29. The Bertz CT molecular complexity index is 1180. The number of hydrogen-bond donors (Lipinski definition) is 0. The van der Waals surface area contributed by atoms with Gasteiger partial charge in [0.15, 0.2) is 11.5 Å². The summed E-state index contributed by atoms with van der Waals surface area (Å²) in [6, 6.07) is 25.6. The summed E-state index contributed by atoms with van der Waals surface area (Å²) in [5.41, 5.74) is 6.02. The zero-order chi connectivity index (χ0) is 27.6. The summed E-state index contributed by atoms with van der Waals surface area (Å²) in [5.74, 6) is 2.53. The molecule has 0 aliphatic carbocycles. The van der Waals surface area contributed by atoms with Crippen molar-refractivity contribution in [2.75, 3.05) is 46.1 Å². The number of likely N-dealkylation sites (N-methyl/N-ethyl adjacent to an activating group) is 2. The molecule has 0 spiro atoms. The topological polar surface area (TPSA) is 34.2 Å². The molecule has 0 atom stereocenters. The van der Waals surface area contributed by atoms with Gasteiger partial charge in [-0.2, -0.15) is 0 Å². The van der Waals surface area contributed by atoms with Crippen LogP contribution in [0.1, 0.15) is 57.7 Å². The minimum atomic E-state index is 0.111. The SMILES string of the molecule is CCC(=C(c1ccccc1)c1ccc(OC(CN(CC)CC)CN(CC)CC)cc1)c1ccc2c(c1)OCO2. The van der Waals surface area contributed by atoms with Crippen molar-refractivity contribution in [3.8, 4) is 17.2 Å². The second-order valence-corrected chi connectivity index (χ2v) is 9.88. The summed E-state index contributed by atoms with van der Waals surface area (Å²) in [6.45, 7) is 17.3. The number of rotatable bonds is 14. The normalized spacial score (nSPS) is 13.3. The first-order chi connectivity index (χ1) is 19.1. The minimum Gasteiger partial charge on any atom is -0.488 e. The van der Waals surface area contributed by atoms with Crippen molar-refractivity contribution in [1.29, 1.82) is 0 Å². The van der Waals surface area contributed by atoms with E-state index in [1.165, 1.54) is 22.3 Å². The number of benzene rings is 3. The van der Waals surface area contributed by atoms with Crippen molar-refractivity contribution < 1.29 is 14.2 Å². The van der Waals surface area contributed by atoms with Gasteiger partial charge in [0.2, 0.25) is 6.79 Å². The molecule has 0 N–H and O–H groups in total. The van der Waals surface area contributed by atoms with E-state index in [-0.39, 0.29) is 12.9 Å². The quantitative estimate of drug-likeness (QED) is 0.206. The highest BCUT2D eigenvalue weighted by Crippen LogP contribution is 2.39. The Labute approximate surface area is 235 Å². The van der Waals surface area contributed by atoms with Gasteiger partial charge in [-0.1, -0.05) is 83.1 Å². The van der Waals surface area contributed by atoms with Gasteiger partial charge in [-0.25, -0.2) is 0 Å². The Kier molecular flexibility index (Phi) is 10.5. The summed E-state index contributed by atoms with van der Waals surface area (Å²) in [4.78, 5) is 4.88. The molecule has 3 aromatic carbocycles. The molecular formula is C34H44N2O3. The minimum absolute atomic E-state index is 0.111. The van der Waals surface area contributed by atoms with Crippen LogP contribution in [-0.4, -0.2) is 62.0 Å². The average Bonchev–Trinajstić information content (AvgIpc) is 3.46. The van der Waals surface area contributed by atoms with Crippen LogP contribution in [-0.2, 0) is 0 Å². The molecule has 0 bridgehead atoms. The molecule has 0 radical (unpaired) electrons. The van der Waals surface area contributed by atoms with Gasteiger partial charge in [-0.15, -0.1) is 0 Å². The lowest BCUT2D eigenvalue weighted by Gasteiger charge is -2.30. The van der Waals surface area contributed by atoms with Crippen molar-refractivity contribution in [2.24, 2.45) is 0 Å². The third-order valence-electron chi connectivity index (χ3n) is 7.60. The molecule has 1 heterocycles. The number of allylic oxidation sites excluding steroid dienone is 1. The van der Waals surface area contributed by atoms with Crippen LogP contribution >= 0.6 is 0 Å². The predicted octanol–water partition coefficient (Wildman–Crippen LogP) is 7.22. The molecule has 0 saturated heterocycles. The first-order valence-corrected chi connectivity index (χ1v) is 14.5. The van der Waals surface area contributed by atoms with Crippen LogP contribution in [0.15, 0.2) is 72.8 Å². The summed E-state index contributed by atoms with van der Waals surface area (Å²) in [7, 11) is 0. The Balaban J connectivity index is 1.67. The van der Waals surface area contributed by atoms with Crippen LogP contribution in [0.2, 0.25) is 0 Å². The van der Waals surface area contributed by atoms with Crippen molar-refractivity contribution in [2.45, 2.75) is 47.1 Å². The third kappa shape index (κ3) is 7.23. The lowest BCUT2D eigenvalue weighted by molar-refractivity contribution is 0.0989. The van der Waals surface area contributed by atoms with Crippen LogP contribution in [0, 0.1) is 0 Å². The molecule has 0 amide bonds. The molecule has 3 aromatic rings. The second-order valence-electron chi connectivity index (χ2n) is 9.88. The molecule has 39 heavy (non-hydrogen) atoms. The lowest BCUT2D eigenvalue weighted by Crippen LogP contribution is -2.43. The first kappa shape index (κ1) is 28.7. The van der Waals surface area contributed by atoms with Gasteiger partial charge in [0.25, 0.3) is 0 Å². The lowest BCUT2D eigenvalue weighted by atomic mass is 9.88. The monoisotopic (exact) mass is 528 g/mol. The maximum absolute atomic E-state index is 6.62. The maximum atomic E-state index is 6.62. The molecule has 0 fully saturated rings. The van der Waals surface area contributed by atoms with Crippen LogP contribution in [0.4, 0.5) is 0 Å². The number of ether oxygens (including phenoxy) is 3. The van der Waals surface area contributed by atoms with E-state index >= 15 is 0 Å². The van der Waals surface area contributed by atoms with E-state index in [1.54, 1.807) is 0 Å². The van der Waals surface area contributed by atoms with Crippen molar-refractivity contribution >= 4 is 11.1 Å². The summed E-state index contributed by atoms with van der Waals surface area (Å²) in [6.07, 6.45) is 0.998. The van der Waals surface area contributed by atoms with Crippen molar-refractivity contribution in [3.63, 3.8) is 0 Å². The highest BCUT2D eigenvalue weighted by Gasteiger charge is 2.20. The van der Waals surface area contributed by atoms with Gasteiger partial charge in [0, 0.05) is 13.1 Å². The number of fused-ring (bicyclic) bond motifs is 1. The number of hydrogen-bond acceptors (Lipinski definition) is 5. The molecule has 1 aliphatic rings. The zero-order valence-electron chi connectivity index (χ0n) is 24.3. The smallest absolute Gasteiger partial charge is 0.231 e. The highest BCUT2D eigenvalue weighted by atomic mass is 16.7. The van der Waals surface area contributed by atoms with E-state index < -0.39 is 0 Å².